The summed E-state index contributed by atoms with van der Waals surface area (Å²) in [4.78, 5) is 42.3. The van der Waals surface area contributed by atoms with E-state index in [1.165, 1.54) is 11.5 Å². The molecule has 3 aromatic rings. The van der Waals surface area contributed by atoms with Gasteiger partial charge in [-0.15, -0.1) is 0 Å². The molecule has 0 N–H and O–H groups in total. The molecule has 0 aliphatic heterocycles. The molecule has 0 unspecified atom stereocenters. The first-order chi connectivity index (χ1) is 14.3. The third-order valence-corrected chi connectivity index (χ3v) is 5.78. The second-order valence-corrected chi connectivity index (χ2v) is 8.27. The summed E-state index contributed by atoms with van der Waals surface area (Å²) in [6.07, 6.45) is 0. The van der Waals surface area contributed by atoms with E-state index in [0.29, 0.717) is 44.1 Å². The van der Waals surface area contributed by atoms with Crippen molar-refractivity contribution >= 4 is 45.4 Å². The molecule has 0 spiro atoms. The van der Waals surface area contributed by atoms with E-state index in [2.05, 4.69) is 4.98 Å². The fourth-order valence-electron chi connectivity index (χ4n) is 3.40. The molecule has 0 radical (unpaired) electrons. The first-order valence-electron chi connectivity index (χ1n) is 9.37. The summed E-state index contributed by atoms with van der Waals surface area (Å²) < 4.78 is 6.59. The van der Waals surface area contributed by atoms with Gasteiger partial charge in [-0.2, -0.15) is 0 Å². The van der Waals surface area contributed by atoms with Gasteiger partial charge in [-0.3, -0.25) is 14.2 Å². The zero-order chi connectivity index (χ0) is 22.0. The smallest absolute Gasteiger partial charge is 0.338 e. The molecule has 0 atom stereocenters. The Bertz CT molecular complexity index is 1220. The number of esters is 1. The predicted octanol–water partition coefficient (Wildman–Crippen LogP) is 4.61. The van der Waals surface area contributed by atoms with Crippen LogP contribution in [0, 0.1) is 13.8 Å². The van der Waals surface area contributed by atoms with E-state index >= 15 is 0 Å². The highest BCUT2D eigenvalue weighted by molar-refractivity contribution is 8.12. The summed E-state index contributed by atoms with van der Waals surface area (Å²) in [6.45, 7) is 6.92. The lowest BCUT2D eigenvalue weighted by Gasteiger charge is -2.17. The lowest BCUT2D eigenvalue weighted by Crippen LogP contribution is -2.25. The molecule has 3 rings (SSSR count). The zero-order valence-electron chi connectivity index (χ0n) is 17.1. The summed E-state index contributed by atoms with van der Waals surface area (Å²) in [7, 11) is 0. The average molecular weight is 445 g/mol. The molecular weight excluding hydrogens is 424 g/mol. The summed E-state index contributed by atoms with van der Waals surface area (Å²) in [6, 6.07) is 8.64. The van der Waals surface area contributed by atoms with E-state index in [0.717, 1.165) is 11.8 Å². The third-order valence-electron chi connectivity index (χ3n) is 4.66. The van der Waals surface area contributed by atoms with Gasteiger partial charge in [0, 0.05) is 6.92 Å². The fourth-order valence-corrected chi connectivity index (χ4v) is 4.15. The number of fused-ring (bicyclic) bond motifs is 1. The van der Waals surface area contributed by atoms with Gasteiger partial charge in [-0.05, 0) is 50.1 Å². The number of hydrogen-bond acceptors (Lipinski definition) is 6. The number of thioether (sulfide) groups is 1. The lowest BCUT2D eigenvalue weighted by molar-refractivity contribution is -0.109. The first kappa shape index (κ1) is 22.1. The molecule has 0 amide bonds. The minimum absolute atomic E-state index is 0.0833. The van der Waals surface area contributed by atoms with E-state index in [1.807, 2.05) is 0 Å². The van der Waals surface area contributed by atoms with Crippen molar-refractivity contribution in [2.24, 2.45) is 0 Å². The van der Waals surface area contributed by atoms with Crippen LogP contribution >= 0.6 is 23.4 Å². The van der Waals surface area contributed by atoms with Crippen molar-refractivity contribution in [3.05, 3.63) is 68.2 Å². The minimum Gasteiger partial charge on any atom is -0.462 e. The molecule has 0 fully saturated rings. The normalized spacial score (nSPS) is 11.0. The van der Waals surface area contributed by atoms with Gasteiger partial charge in [-0.25, -0.2) is 9.78 Å². The Morgan fingerprint density at radius 2 is 1.93 bits per heavy atom. The summed E-state index contributed by atoms with van der Waals surface area (Å²) in [5, 5.41) is 0.616. The van der Waals surface area contributed by atoms with Gasteiger partial charge >= 0.3 is 5.97 Å². The number of ether oxygens (including phenoxy) is 1. The van der Waals surface area contributed by atoms with Gasteiger partial charge in [0.05, 0.1) is 39.5 Å². The highest BCUT2D eigenvalue weighted by atomic mass is 35.5. The van der Waals surface area contributed by atoms with E-state index in [9.17, 15) is 14.4 Å². The van der Waals surface area contributed by atoms with E-state index in [1.54, 1.807) is 51.1 Å². The predicted molar refractivity (Wildman–Crippen MR) is 120 cm³/mol. The molecule has 6 nitrogen and oxygen atoms in total. The number of benzene rings is 2. The second kappa shape index (κ2) is 9.02. The van der Waals surface area contributed by atoms with Gasteiger partial charge in [0.15, 0.2) is 5.12 Å². The van der Waals surface area contributed by atoms with Crippen LogP contribution in [0.2, 0.25) is 5.02 Å². The number of carbonyl (C=O) groups is 2. The molecule has 30 heavy (non-hydrogen) atoms. The van der Waals surface area contributed by atoms with Crippen LogP contribution in [0.1, 0.15) is 41.2 Å². The van der Waals surface area contributed by atoms with Gasteiger partial charge in [0.2, 0.25) is 0 Å². The van der Waals surface area contributed by atoms with Crippen LogP contribution in [0.15, 0.2) is 35.1 Å². The molecule has 2 aromatic carbocycles. The molecule has 0 saturated carbocycles. The van der Waals surface area contributed by atoms with Gasteiger partial charge < -0.3 is 4.74 Å². The van der Waals surface area contributed by atoms with Crippen molar-refractivity contribution < 1.29 is 14.3 Å². The van der Waals surface area contributed by atoms with Gasteiger partial charge in [0.25, 0.3) is 5.56 Å². The molecular formula is C22H21ClN2O4S. The number of aryl methyl sites for hydroxylation is 2. The Balaban J connectivity index is 2.39. The first-order valence-corrected chi connectivity index (χ1v) is 10.7. The lowest BCUT2D eigenvalue weighted by atomic mass is 9.98. The number of para-hydroxylation sites is 1. The van der Waals surface area contributed by atoms with Crippen LogP contribution in [-0.4, -0.2) is 27.2 Å². The summed E-state index contributed by atoms with van der Waals surface area (Å²) in [5.41, 5.74) is 2.12. The minimum atomic E-state index is -0.477. The Morgan fingerprint density at radius 1 is 1.23 bits per heavy atom. The quantitative estimate of drug-likeness (QED) is 0.534. The van der Waals surface area contributed by atoms with Crippen molar-refractivity contribution in [2.75, 3.05) is 6.61 Å². The van der Waals surface area contributed by atoms with Crippen LogP contribution in [0.5, 0.6) is 0 Å². The molecule has 0 aliphatic rings. The Kier molecular flexibility index (Phi) is 6.63. The second-order valence-electron chi connectivity index (χ2n) is 6.71. The fraction of sp³-hybridized carbons (Fsp3) is 0.273. The van der Waals surface area contributed by atoms with Crippen molar-refractivity contribution in [2.45, 2.75) is 33.4 Å². The number of rotatable bonds is 5. The van der Waals surface area contributed by atoms with Gasteiger partial charge in [-0.1, -0.05) is 35.5 Å². The van der Waals surface area contributed by atoms with Crippen molar-refractivity contribution in [3.8, 4) is 5.69 Å². The standard InChI is InChI=1S/C22H21ClN2O4S/c1-5-29-22(28)19-12(2)10-16-20(13(19)3)21(27)25(17-9-7-6-8-15(17)23)18(24-16)11-30-14(4)26/h6-10H,5,11H2,1-4H3. The number of carbonyl (C=O) groups excluding carboxylic acids is 2. The van der Waals surface area contributed by atoms with Crippen LogP contribution in [0.4, 0.5) is 0 Å². The third kappa shape index (κ3) is 4.13. The molecule has 0 saturated heterocycles. The highest BCUT2D eigenvalue weighted by Crippen LogP contribution is 2.27. The topological polar surface area (TPSA) is 78.3 Å². The van der Waals surface area contributed by atoms with Crippen molar-refractivity contribution in [1.82, 2.24) is 9.55 Å². The molecule has 0 aliphatic carbocycles. The molecule has 156 valence electrons. The largest absolute Gasteiger partial charge is 0.462 e. The monoisotopic (exact) mass is 444 g/mol. The van der Waals surface area contributed by atoms with Crippen LogP contribution in [-0.2, 0) is 15.3 Å². The van der Waals surface area contributed by atoms with Crippen LogP contribution < -0.4 is 5.56 Å². The summed E-state index contributed by atoms with van der Waals surface area (Å²) in [5.74, 6) is 0.140. The zero-order valence-corrected chi connectivity index (χ0v) is 18.7. The van der Waals surface area contributed by atoms with Gasteiger partial charge in [0.1, 0.15) is 5.82 Å². The maximum atomic E-state index is 13.6. The number of nitrogens with zero attached hydrogens (tertiary/aromatic N) is 2. The average Bonchev–Trinajstić information content (AvgIpc) is 2.67. The summed E-state index contributed by atoms with van der Waals surface area (Å²) >= 11 is 7.43. The maximum Gasteiger partial charge on any atom is 0.338 e. The maximum absolute atomic E-state index is 13.6. The molecule has 1 aromatic heterocycles. The van der Waals surface area contributed by atoms with Crippen LogP contribution in [0.3, 0.4) is 0 Å². The van der Waals surface area contributed by atoms with E-state index in [-0.39, 0.29) is 23.0 Å². The molecule has 1 heterocycles. The molecule has 8 heteroatoms. The van der Waals surface area contributed by atoms with Crippen molar-refractivity contribution in [1.29, 1.82) is 0 Å². The van der Waals surface area contributed by atoms with E-state index in [4.69, 9.17) is 16.3 Å². The Labute approximate surface area is 183 Å². The number of aromatic nitrogens is 2. The Hall–Kier alpha value is -2.64. The molecule has 0 bridgehead atoms. The van der Waals surface area contributed by atoms with Crippen molar-refractivity contribution in [3.63, 3.8) is 0 Å². The van der Waals surface area contributed by atoms with Crippen LogP contribution in [0.25, 0.3) is 16.6 Å². The Morgan fingerprint density at radius 3 is 2.57 bits per heavy atom. The number of halogens is 1. The SMILES string of the molecule is CCOC(=O)c1c(C)cc2nc(CSC(C)=O)n(-c3ccccc3Cl)c(=O)c2c1C. The van der Waals surface area contributed by atoms with E-state index < -0.39 is 5.97 Å². The highest BCUT2D eigenvalue weighted by Gasteiger charge is 2.22. The number of hydrogen-bond donors (Lipinski definition) is 0.